The second kappa shape index (κ2) is 7.59. The van der Waals surface area contributed by atoms with Crippen LogP contribution in [0.2, 0.25) is 5.02 Å². The highest BCUT2D eigenvalue weighted by molar-refractivity contribution is 6.31. The van der Waals surface area contributed by atoms with E-state index in [4.69, 9.17) is 21.4 Å². The van der Waals surface area contributed by atoms with Crippen LogP contribution in [-0.2, 0) is 4.79 Å². The Morgan fingerprint density at radius 2 is 2.15 bits per heavy atom. The van der Waals surface area contributed by atoms with E-state index in [0.717, 1.165) is 0 Å². The standard InChI is InChI=1S/C13H17ClN2O4/c1-3-9(7-12(17)18)15-13(19)16-10-6-8(14)4-5-11(10)20-2/h4-6,9H,3,7H2,1-2H3,(H,17,18)(H2,15,16,19). The zero-order chi connectivity index (χ0) is 15.1. The first-order valence-electron chi connectivity index (χ1n) is 6.09. The quantitative estimate of drug-likeness (QED) is 0.754. The van der Waals surface area contributed by atoms with Gasteiger partial charge in [-0.1, -0.05) is 18.5 Å². The number of nitrogens with one attached hydrogen (secondary N) is 2. The highest BCUT2D eigenvalue weighted by Gasteiger charge is 2.15. The van der Waals surface area contributed by atoms with Crippen LogP contribution in [0.5, 0.6) is 5.75 Å². The van der Waals surface area contributed by atoms with E-state index in [1.165, 1.54) is 7.11 Å². The molecule has 2 amide bonds. The predicted molar refractivity (Wildman–Crippen MR) is 76.5 cm³/mol. The molecule has 7 heteroatoms. The second-order valence-electron chi connectivity index (χ2n) is 4.15. The molecule has 0 saturated carbocycles. The first-order chi connectivity index (χ1) is 9.46. The van der Waals surface area contributed by atoms with Crippen molar-refractivity contribution >= 4 is 29.3 Å². The van der Waals surface area contributed by atoms with Gasteiger partial charge in [0.05, 0.1) is 19.2 Å². The number of hydrogen-bond donors (Lipinski definition) is 3. The summed E-state index contributed by atoms with van der Waals surface area (Å²) in [5.41, 5.74) is 0.419. The summed E-state index contributed by atoms with van der Waals surface area (Å²) in [4.78, 5) is 22.5. The SMILES string of the molecule is CCC(CC(=O)O)NC(=O)Nc1cc(Cl)ccc1OC. The Bertz CT molecular complexity index is 493. The third kappa shape index (κ3) is 4.97. The summed E-state index contributed by atoms with van der Waals surface area (Å²) < 4.78 is 5.10. The van der Waals surface area contributed by atoms with Crippen LogP contribution < -0.4 is 15.4 Å². The first-order valence-corrected chi connectivity index (χ1v) is 6.47. The van der Waals surface area contributed by atoms with Gasteiger partial charge in [-0.15, -0.1) is 0 Å². The first kappa shape index (κ1) is 16.1. The van der Waals surface area contributed by atoms with Crippen LogP contribution in [0, 0.1) is 0 Å². The summed E-state index contributed by atoms with van der Waals surface area (Å²) in [5, 5.41) is 14.4. The number of carbonyl (C=O) groups is 2. The Labute approximate surface area is 122 Å². The molecule has 20 heavy (non-hydrogen) atoms. The Balaban J connectivity index is 2.70. The second-order valence-corrected chi connectivity index (χ2v) is 4.58. The van der Waals surface area contributed by atoms with Crippen molar-refractivity contribution in [3.05, 3.63) is 23.2 Å². The lowest BCUT2D eigenvalue weighted by Crippen LogP contribution is -2.38. The minimum atomic E-state index is -0.961. The van der Waals surface area contributed by atoms with Crippen molar-refractivity contribution in [2.45, 2.75) is 25.8 Å². The number of rotatable bonds is 6. The predicted octanol–water partition coefficient (Wildman–Crippen LogP) is 2.72. The van der Waals surface area contributed by atoms with E-state index in [2.05, 4.69) is 10.6 Å². The largest absolute Gasteiger partial charge is 0.495 e. The number of benzene rings is 1. The summed E-state index contributed by atoms with van der Waals surface area (Å²) in [5.74, 6) is -0.492. The molecule has 0 aromatic heterocycles. The number of aliphatic carboxylic acids is 1. The highest BCUT2D eigenvalue weighted by Crippen LogP contribution is 2.27. The summed E-state index contributed by atoms with van der Waals surface area (Å²) in [6, 6.07) is 3.89. The van der Waals surface area contributed by atoms with Crippen LogP contribution in [0.15, 0.2) is 18.2 Å². The Morgan fingerprint density at radius 1 is 1.45 bits per heavy atom. The molecule has 1 aromatic carbocycles. The number of methoxy groups -OCH3 is 1. The average Bonchev–Trinajstić information content (AvgIpc) is 2.37. The molecule has 0 radical (unpaired) electrons. The molecule has 0 aliphatic heterocycles. The fourth-order valence-electron chi connectivity index (χ4n) is 1.63. The van der Waals surface area contributed by atoms with Crippen LogP contribution in [0.3, 0.4) is 0 Å². The molecule has 0 aliphatic rings. The third-order valence-corrected chi connectivity index (χ3v) is 2.89. The minimum Gasteiger partial charge on any atom is -0.495 e. The van der Waals surface area contributed by atoms with Crippen LogP contribution >= 0.6 is 11.6 Å². The summed E-state index contributed by atoms with van der Waals surface area (Å²) in [7, 11) is 1.48. The number of amides is 2. The van der Waals surface area contributed by atoms with Gasteiger partial charge in [-0.2, -0.15) is 0 Å². The summed E-state index contributed by atoms with van der Waals surface area (Å²) in [6.45, 7) is 1.80. The van der Waals surface area contributed by atoms with Crippen molar-refractivity contribution in [2.24, 2.45) is 0 Å². The average molecular weight is 301 g/mol. The molecule has 3 N–H and O–H groups in total. The Hall–Kier alpha value is -1.95. The lowest BCUT2D eigenvalue weighted by molar-refractivity contribution is -0.137. The molecule has 1 atom stereocenters. The molecule has 1 aromatic rings. The van der Waals surface area contributed by atoms with Gasteiger partial charge in [0, 0.05) is 11.1 Å². The molecule has 1 rings (SSSR count). The molecule has 0 fully saturated rings. The molecule has 0 heterocycles. The summed E-state index contributed by atoms with van der Waals surface area (Å²) >= 11 is 5.85. The van der Waals surface area contributed by atoms with Crippen molar-refractivity contribution < 1.29 is 19.4 Å². The maximum absolute atomic E-state index is 11.8. The van der Waals surface area contributed by atoms with Gasteiger partial charge in [0.15, 0.2) is 0 Å². The lowest BCUT2D eigenvalue weighted by Gasteiger charge is -2.16. The van der Waals surface area contributed by atoms with Crippen LogP contribution in [-0.4, -0.2) is 30.3 Å². The maximum atomic E-state index is 11.8. The monoisotopic (exact) mass is 300 g/mol. The Kier molecular flexibility index (Phi) is 6.11. The fraction of sp³-hybridized carbons (Fsp3) is 0.385. The number of hydrogen-bond acceptors (Lipinski definition) is 3. The van der Waals surface area contributed by atoms with Gasteiger partial charge in [0.1, 0.15) is 5.75 Å². The van der Waals surface area contributed by atoms with E-state index < -0.39 is 18.0 Å². The molecule has 1 unspecified atom stereocenters. The number of carboxylic acid groups (broad SMARTS) is 1. The topological polar surface area (TPSA) is 87.7 Å². The van der Waals surface area contributed by atoms with Crippen LogP contribution in [0.4, 0.5) is 10.5 Å². The number of halogens is 1. The van der Waals surface area contributed by atoms with Gasteiger partial charge in [-0.05, 0) is 24.6 Å². The van der Waals surface area contributed by atoms with E-state index in [9.17, 15) is 9.59 Å². The van der Waals surface area contributed by atoms with E-state index in [1.807, 2.05) is 0 Å². The van der Waals surface area contributed by atoms with Crippen LogP contribution in [0.25, 0.3) is 0 Å². The number of urea groups is 1. The van der Waals surface area contributed by atoms with E-state index >= 15 is 0 Å². The molecule has 6 nitrogen and oxygen atoms in total. The van der Waals surface area contributed by atoms with Gasteiger partial charge in [-0.25, -0.2) is 4.79 Å². The third-order valence-electron chi connectivity index (χ3n) is 2.66. The van der Waals surface area contributed by atoms with Gasteiger partial charge in [-0.3, -0.25) is 4.79 Å². The number of carboxylic acids is 1. The molecule has 110 valence electrons. The van der Waals surface area contributed by atoms with Crippen molar-refractivity contribution in [3.8, 4) is 5.75 Å². The normalized spacial score (nSPS) is 11.6. The smallest absolute Gasteiger partial charge is 0.319 e. The minimum absolute atomic E-state index is 0.128. The maximum Gasteiger partial charge on any atom is 0.319 e. The van der Waals surface area contributed by atoms with Crippen molar-refractivity contribution in [1.29, 1.82) is 0 Å². The molecule has 0 aliphatic carbocycles. The lowest BCUT2D eigenvalue weighted by atomic mass is 10.1. The molecule has 0 bridgehead atoms. The van der Waals surface area contributed by atoms with Crippen molar-refractivity contribution in [3.63, 3.8) is 0 Å². The van der Waals surface area contributed by atoms with E-state index in [0.29, 0.717) is 22.9 Å². The molecule has 0 spiro atoms. The fourth-order valence-corrected chi connectivity index (χ4v) is 1.80. The number of carbonyl (C=O) groups excluding carboxylic acids is 1. The van der Waals surface area contributed by atoms with Crippen molar-refractivity contribution in [1.82, 2.24) is 5.32 Å². The molecular formula is C13H17ClN2O4. The molecule has 0 saturated heterocycles. The van der Waals surface area contributed by atoms with Gasteiger partial charge in [0.25, 0.3) is 0 Å². The van der Waals surface area contributed by atoms with E-state index in [-0.39, 0.29) is 6.42 Å². The van der Waals surface area contributed by atoms with Crippen molar-refractivity contribution in [2.75, 3.05) is 12.4 Å². The summed E-state index contributed by atoms with van der Waals surface area (Å²) in [6.07, 6.45) is 0.392. The van der Waals surface area contributed by atoms with Gasteiger partial charge >= 0.3 is 12.0 Å². The zero-order valence-corrected chi connectivity index (χ0v) is 12.0. The Morgan fingerprint density at radius 3 is 2.70 bits per heavy atom. The highest BCUT2D eigenvalue weighted by atomic mass is 35.5. The van der Waals surface area contributed by atoms with Gasteiger partial charge in [0.2, 0.25) is 0 Å². The van der Waals surface area contributed by atoms with Gasteiger partial charge < -0.3 is 20.5 Å². The van der Waals surface area contributed by atoms with E-state index in [1.54, 1.807) is 25.1 Å². The number of anilines is 1. The number of ether oxygens (including phenoxy) is 1. The molecular weight excluding hydrogens is 284 g/mol. The van der Waals surface area contributed by atoms with Crippen LogP contribution in [0.1, 0.15) is 19.8 Å². The zero-order valence-electron chi connectivity index (χ0n) is 11.3.